The van der Waals surface area contributed by atoms with E-state index in [9.17, 15) is 0 Å². The van der Waals surface area contributed by atoms with Gasteiger partial charge in [0.1, 0.15) is 0 Å². The molecule has 0 radical (unpaired) electrons. The van der Waals surface area contributed by atoms with Gasteiger partial charge in [-0.25, -0.2) is 0 Å². The summed E-state index contributed by atoms with van der Waals surface area (Å²) >= 11 is 0. The Hall–Kier alpha value is -1.11. The Kier molecular flexibility index (Phi) is 4.54. The van der Waals surface area contributed by atoms with Crippen molar-refractivity contribution in [2.24, 2.45) is 11.8 Å². The van der Waals surface area contributed by atoms with E-state index in [1.54, 1.807) is 0 Å². The second-order valence-electron chi connectivity index (χ2n) is 3.37. The minimum atomic E-state index is 0.817. The third kappa shape index (κ3) is 2.68. The summed E-state index contributed by atoms with van der Waals surface area (Å²) in [6, 6.07) is 4.15. The van der Waals surface area contributed by atoms with Gasteiger partial charge in [0.05, 0.1) is 5.35 Å². The highest BCUT2D eigenvalue weighted by Crippen LogP contribution is 2.41. The topological polar surface area (TPSA) is 12.9 Å². The van der Waals surface area contributed by atoms with Gasteiger partial charge < -0.3 is 0 Å². The predicted octanol–water partition coefficient (Wildman–Crippen LogP) is 2.34. The summed E-state index contributed by atoms with van der Waals surface area (Å²) in [6.07, 6.45) is 7.87. The van der Waals surface area contributed by atoms with Crippen molar-refractivity contribution >= 4 is 12.2 Å². The van der Waals surface area contributed by atoms with Gasteiger partial charge >= 0.3 is 0 Å². The Morgan fingerprint density at radius 2 is 1.73 bits per heavy atom. The Morgan fingerprint density at radius 1 is 1.07 bits per heavy atom. The van der Waals surface area contributed by atoms with Gasteiger partial charge in [-0.1, -0.05) is 45.9 Å². The quantitative estimate of drug-likeness (QED) is 0.630. The highest BCUT2D eigenvalue weighted by molar-refractivity contribution is 5.47. The second-order valence-corrected chi connectivity index (χ2v) is 3.37. The van der Waals surface area contributed by atoms with Crippen molar-refractivity contribution in [3.05, 3.63) is 28.9 Å². The zero-order valence-electron chi connectivity index (χ0n) is 10.2. The summed E-state index contributed by atoms with van der Waals surface area (Å²) in [4.78, 5) is 4.31. The number of aromatic nitrogens is 1. The van der Waals surface area contributed by atoms with Crippen LogP contribution in [0.1, 0.15) is 34.1 Å². The molecule has 1 aromatic heterocycles. The first kappa shape index (κ1) is 12.0. The molecule has 2 unspecified atom stereocenters. The molecular weight excluding hydrogens is 182 g/mol. The van der Waals surface area contributed by atoms with Gasteiger partial charge in [0, 0.05) is 6.20 Å². The molecule has 15 heavy (non-hydrogen) atoms. The molecule has 0 saturated heterocycles. The van der Waals surface area contributed by atoms with Gasteiger partial charge in [-0.15, -0.1) is 0 Å². The number of rotatable bonds is 0. The Labute approximate surface area is 92.6 Å². The van der Waals surface area contributed by atoms with Crippen LogP contribution in [0.3, 0.4) is 0 Å². The van der Waals surface area contributed by atoms with Crippen LogP contribution in [0.15, 0.2) is 18.3 Å². The molecule has 1 saturated carbocycles. The summed E-state index contributed by atoms with van der Waals surface area (Å²) in [5.74, 6) is 1.66. The van der Waals surface area contributed by atoms with Crippen LogP contribution in [0, 0.1) is 11.8 Å². The van der Waals surface area contributed by atoms with Crippen LogP contribution in [0.25, 0.3) is 12.2 Å². The molecule has 2 atom stereocenters. The van der Waals surface area contributed by atoms with Crippen molar-refractivity contribution in [2.75, 3.05) is 0 Å². The van der Waals surface area contributed by atoms with Crippen LogP contribution in [-0.4, -0.2) is 4.98 Å². The average molecular weight is 203 g/mol. The van der Waals surface area contributed by atoms with Gasteiger partial charge in [0.2, 0.25) is 0 Å². The number of fused-ring (bicyclic) bond motifs is 2. The maximum absolute atomic E-state index is 4.31. The van der Waals surface area contributed by atoms with Gasteiger partial charge in [-0.3, -0.25) is 4.98 Å². The zero-order valence-corrected chi connectivity index (χ0v) is 10.2. The van der Waals surface area contributed by atoms with Crippen molar-refractivity contribution in [1.82, 2.24) is 4.98 Å². The molecule has 1 heteroatoms. The minimum absolute atomic E-state index is 0.817. The molecule has 0 bridgehead atoms. The van der Waals surface area contributed by atoms with Gasteiger partial charge in [0.25, 0.3) is 0 Å². The maximum Gasteiger partial charge on any atom is 0.0662 e. The molecule has 1 nitrogen and oxygen atoms in total. The molecule has 2 aliphatic carbocycles. The number of nitrogens with zero attached hydrogens (tertiary/aromatic N) is 1. The van der Waals surface area contributed by atoms with E-state index in [2.05, 4.69) is 23.2 Å². The van der Waals surface area contributed by atoms with E-state index in [0.29, 0.717) is 0 Å². The molecule has 3 rings (SSSR count). The lowest BCUT2D eigenvalue weighted by molar-refractivity contribution is 1.03. The molecular formula is C14H21N. The van der Waals surface area contributed by atoms with Crippen molar-refractivity contribution < 1.29 is 0 Å². The lowest BCUT2D eigenvalue weighted by Gasteiger charge is -1.95. The molecule has 0 amide bonds. The fraction of sp³-hybridized carbons (Fsp3) is 0.500. The van der Waals surface area contributed by atoms with E-state index in [-0.39, 0.29) is 0 Å². The molecule has 0 N–H and O–H groups in total. The summed E-state index contributed by atoms with van der Waals surface area (Å²) in [5, 5.41) is 2.51. The third-order valence-electron chi connectivity index (χ3n) is 2.53. The SMILES string of the molecule is C1=c2cccnc2=CC2CC12.CC.CC. The van der Waals surface area contributed by atoms with Gasteiger partial charge in [-0.2, -0.15) is 0 Å². The van der Waals surface area contributed by atoms with E-state index >= 15 is 0 Å². The normalized spacial score (nSPS) is 23.5. The van der Waals surface area contributed by atoms with Crippen molar-refractivity contribution in [3.63, 3.8) is 0 Å². The molecule has 1 aromatic rings. The highest BCUT2D eigenvalue weighted by Gasteiger charge is 2.34. The summed E-state index contributed by atoms with van der Waals surface area (Å²) in [6.45, 7) is 8.00. The van der Waals surface area contributed by atoms with E-state index in [1.165, 1.54) is 17.0 Å². The largest absolute Gasteiger partial charge is 0.257 e. The number of hydrogen-bond acceptors (Lipinski definition) is 1. The van der Waals surface area contributed by atoms with Crippen molar-refractivity contribution in [1.29, 1.82) is 0 Å². The second kappa shape index (κ2) is 5.69. The van der Waals surface area contributed by atoms with Crippen LogP contribution in [0.5, 0.6) is 0 Å². The summed E-state index contributed by atoms with van der Waals surface area (Å²) in [5.41, 5.74) is 0. The number of pyridine rings is 1. The molecule has 2 aliphatic rings. The van der Waals surface area contributed by atoms with Crippen LogP contribution in [-0.2, 0) is 0 Å². The fourth-order valence-corrected chi connectivity index (χ4v) is 1.76. The van der Waals surface area contributed by atoms with E-state index in [0.717, 1.165) is 11.8 Å². The molecule has 0 aromatic carbocycles. The average Bonchev–Trinajstić information content (AvgIpc) is 3.09. The van der Waals surface area contributed by atoms with Crippen LogP contribution < -0.4 is 10.6 Å². The summed E-state index contributed by atoms with van der Waals surface area (Å²) in [7, 11) is 0. The molecule has 1 heterocycles. The van der Waals surface area contributed by atoms with Crippen LogP contribution in [0.4, 0.5) is 0 Å². The lowest BCUT2D eigenvalue weighted by Crippen LogP contribution is -2.29. The van der Waals surface area contributed by atoms with Gasteiger partial charge in [-0.05, 0) is 29.5 Å². The standard InChI is InChI=1S/C10H9N.2C2H6/c1-2-7-4-8-5-9(8)6-10(7)11-3-1;2*1-2/h1-4,6,8-9H,5H2;2*1-2H3. The Bertz CT molecular complexity index is 367. The molecule has 0 aliphatic heterocycles. The van der Waals surface area contributed by atoms with Crippen LogP contribution >= 0.6 is 0 Å². The Morgan fingerprint density at radius 3 is 2.47 bits per heavy atom. The van der Waals surface area contributed by atoms with Crippen LogP contribution in [0.2, 0.25) is 0 Å². The first-order valence-corrected chi connectivity index (χ1v) is 6.08. The minimum Gasteiger partial charge on any atom is -0.257 e. The molecule has 1 fully saturated rings. The van der Waals surface area contributed by atoms with Gasteiger partial charge in [0.15, 0.2) is 0 Å². The number of hydrogen-bond donors (Lipinski definition) is 0. The highest BCUT2D eigenvalue weighted by atomic mass is 14.6. The van der Waals surface area contributed by atoms with E-state index in [4.69, 9.17) is 0 Å². The Balaban J connectivity index is 0.000000255. The zero-order chi connectivity index (χ0) is 11.3. The third-order valence-corrected chi connectivity index (χ3v) is 2.53. The first-order chi connectivity index (χ1) is 7.43. The van der Waals surface area contributed by atoms with E-state index in [1.807, 2.05) is 40.0 Å². The first-order valence-electron chi connectivity index (χ1n) is 6.08. The molecule has 0 spiro atoms. The smallest absolute Gasteiger partial charge is 0.0662 e. The lowest BCUT2D eigenvalue weighted by atomic mass is 10.1. The maximum atomic E-state index is 4.31. The van der Waals surface area contributed by atoms with E-state index < -0.39 is 0 Å². The van der Waals surface area contributed by atoms with Crippen molar-refractivity contribution in [2.45, 2.75) is 34.1 Å². The fourth-order valence-electron chi connectivity index (χ4n) is 1.76. The molecule has 82 valence electrons. The summed E-state index contributed by atoms with van der Waals surface area (Å²) < 4.78 is 0. The predicted molar refractivity (Wildman–Crippen MR) is 66.7 cm³/mol. The van der Waals surface area contributed by atoms with Crippen molar-refractivity contribution in [3.8, 4) is 0 Å². The monoisotopic (exact) mass is 203 g/mol.